The molecule has 1 aliphatic heterocycles. The summed E-state index contributed by atoms with van der Waals surface area (Å²) >= 11 is 0. The minimum absolute atomic E-state index is 0.0237. The molecule has 0 bridgehead atoms. The summed E-state index contributed by atoms with van der Waals surface area (Å²) < 4.78 is 29.8. The lowest BCUT2D eigenvalue weighted by molar-refractivity contribution is -0.384. The van der Waals surface area contributed by atoms with Gasteiger partial charge in [-0.3, -0.25) is 10.1 Å². The highest BCUT2D eigenvalue weighted by atomic mass is 32.2. The summed E-state index contributed by atoms with van der Waals surface area (Å²) in [6.07, 6.45) is 4.15. The van der Waals surface area contributed by atoms with Crippen molar-refractivity contribution in [3.63, 3.8) is 0 Å². The molecule has 26 heavy (non-hydrogen) atoms. The van der Waals surface area contributed by atoms with E-state index in [9.17, 15) is 18.5 Å². The number of nitrogens with zero attached hydrogens (tertiary/aromatic N) is 3. The number of non-ortho nitro benzene ring substituents is 1. The summed E-state index contributed by atoms with van der Waals surface area (Å²) in [5, 5.41) is 10.7. The van der Waals surface area contributed by atoms with Crippen molar-refractivity contribution in [2.45, 2.75) is 23.8 Å². The van der Waals surface area contributed by atoms with Gasteiger partial charge in [-0.05, 0) is 24.3 Å². The second kappa shape index (κ2) is 7.28. The van der Waals surface area contributed by atoms with E-state index in [2.05, 4.69) is 4.98 Å². The second-order valence-electron chi connectivity index (χ2n) is 6.15. The van der Waals surface area contributed by atoms with E-state index < -0.39 is 14.8 Å². The fourth-order valence-electron chi connectivity index (χ4n) is 2.93. The van der Waals surface area contributed by atoms with Gasteiger partial charge in [-0.1, -0.05) is 0 Å². The van der Waals surface area contributed by atoms with Gasteiger partial charge in [-0.2, -0.15) is 0 Å². The fourth-order valence-corrected chi connectivity index (χ4v) is 3.77. The van der Waals surface area contributed by atoms with Gasteiger partial charge in [0, 0.05) is 50.5 Å². The smallest absolute Gasteiger partial charge is 0.269 e. The highest BCUT2D eigenvalue weighted by Crippen LogP contribution is 2.27. The lowest BCUT2D eigenvalue weighted by Crippen LogP contribution is -2.39. The number of benzene rings is 1. The molecule has 9 heteroatoms. The number of aromatic nitrogens is 1. The number of anilines is 1. The van der Waals surface area contributed by atoms with E-state index in [1.54, 1.807) is 30.5 Å². The summed E-state index contributed by atoms with van der Waals surface area (Å²) in [6, 6.07) is 9.19. The zero-order chi connectivity index (χ0) is 18.7. The lowest BCUT2D eigenvalue weighted by Gasteiger charge is -2.33. The molecule has 2 heterocycles. The van der Waals surface area contributed by atoms with Gasteiger partial charge in [0.25, 0.3) is 5.69 Å². The molecule has 0 unspecified atom stereocenters. The van der Waals surface area contributed by atoms with Gasteiger partial charge < -0.3 is 9.64 Å². The highest BCUT2D eigenvalue weighted by Gasteiger charge is 2.25. The number of ether oxygens (including phenoxy) is 1. The van der Waals surface area contributed by atoms with Crippen molar-refractivity contribution in [3.05, 3.63) is 52.7 Å². The molecule has 1 aromatic heterocycles. The van der Waals surface area contributed by atoms with E-state index >= 15 is 0 Å². The average Bonchev–Trinajstić information content (AvgIpc) is 2.62. The number of nitro benzene ring substituents is 1. The van der Waals surface area contributed by atoms with Crippen molar-refractivity contribution in [2.24, 2.45) is 0 Å². The molecule has 2 aromatic rings. The van der Waals surface area contributed by atoms with Crippen molar-refractivity contribution in [1.29, 1.82) is 0 Å². The van der Waals surface area contributed by atoms with E-state index in [0.29, 0.717) is 37.5 Å². The number of pyridine rings is 1. The first-order valence-electron chi connectivity index (χ1n) is 8.16. The standard InChI is InChI=1S/C17H19N3O5S/c1-26(23,24)16-3-2-10-18-17(16)19-11-8-15(9-12-19)25-14-6-4-13(5-7-14)20(21)22/h2-7,10,15H,8-9,11-12H2,1H3. The Morgan fingerprint density at radius 2 is 1.85 bits per heavy atom. The third-order valence-electron chi connectivity index (χ3n) is 4.24. The Labute approximate surface area is 151 Å². The normalized spacial score (nSPS) is 15.7. The Hall–Kier alpha value is -2.68. The molecule has 1 aliphatic rings. The fraction of sp³-hybridized carbons (Fsp3) is 0.353. The molecule has 0 aliphatic carbocycles. The minimum Gasteiger partial charge on any atom is -0.490 e. The summed E-state index contributed by atoms with van der Waals surface area (Å²) in [5.74, 6) is 1.06. The van der Waals surface area contributed by atoms with Crippen LogP contribution in [0.2, 0.25) is 0 Å². The van der Waals surface area contributed by atoms with Gasteiger partial charge in [0.2, 0.25) is 0 Å². The highest BCUT2D eigenvalue weighted by molar-refractivity contribution is 7.90. The second-order valence-corrected chi connectivity index (χ2v) is 8.14. The van der Waals surface area contributed by atoms with E-state index in [1.165, 1.54) is 18.4 Å². The van der Waals surface area contributed by atoms with Gasteiger partial charge in [-0.25, -0.2) is 13.4 Å². The molecule has 1 aromatic carbocycles. The van der Waals surface area contributed by atoms with Gasteiger partial charge >= 0.3 is 0 Å². The topological polar surface area (TPSA) is 103 Å². The van der Waals surface area contributed by atoms with Crippen LogP contribution in [0.5, 0.6) is 5.75 Å². The molecule has 138 valence electrons. The largest absolute Gasteiger partial charge is 0.490 e. The third-order valence-corrected chi connectivity index (χ3v) is 5.36. The molecule has 1 fully saturated rings. The Bertz CT molecular complexity index is 891. The van der Waals surface area contributed by atoms with Crippen LogP contribution >= 0.6 is 0 Å². The molecular formula is C17H19N3O5S. The average molecular weight is 377 g/mol. The van der Waals surface area contributed by atoms with Crippen molar-refractivity contribution >= 4 is 21.3 Å². The number of hydrogen-bond acceptors (Lipinski definition) is 7. The molecule has 0 spiro atoms. The summed E-state index contributed by atoms with van der Waals surface area (Å²) in [7, 11) is -3.35. The van der Waals surface area contributed by atoms with Crippen LogP contribution < -0.4 is 9.64 Å². The summed E-state index contributed by atoms with van der Waals surface area (Å²) in [6.45, 7) is 1.24. The molecule has 0 atom stereocenters. The Kier molecular flexibility index (Phi) is 5.08. The number of nitro groups is 1. The summed E-state index contributed by atoms with van der Waals surface area (Å²) in [4.78, 5) is 16.7. The molecule has 0 saturated carbocycles. The summed E-state index contributed by atoms with van der Waals surface area (Å²) in [5.41, 5.74) is 0.0237. The monoisotopic (exact) mass is 377 g/mol. The van der Waals surface area contributed by atoms with Gasteiger partial charge in [0.1, 0.15) is 22.6 Å². The van der Waals surface area contributed by atoms with Crippen LogP contribution in [-0.2, 0) is 9.84 Å². The SMILES string of the molecule is CS(=O)(=O)c1cccnc1N1CCC(Oc2ccc([N+](=O)[O-])cc2)CC1. The first-order chi connectivity index (χ1) is 12.3. The Balaban J connectivity index is 1.64. The zero-order valence-corrected chi connectivity index (χ0v) is 15.1. The van der Waals surface area contributed by atoms with Crippen molar-refractivity contribution < 1.29 is 18.1 Å². The first-order valence-corrected chi connectivity index (χ1v) is 10.0. The maximum atomic E-state index is 11.9. The molecule has 0 N–H and O–H groups in total. The van der Waals surface area contributed by atoms with Crippen LogP contribution in [0.1, 0.15) is 12.8 Å². The third kappa shape index (κ3) is 4.10. The number of hydrogen-bond donors (Lipinski definition) is 0. The van der Waals surface area contributed by atoms with Crippen molar-refractivity contribution in [3.8, 4) is 5.75 Å². The maximum absolute atomic E-state index is 11.9. The first kappa shape index (κ1) is 18.1. The Morgan fingerprint density at radius 1 is 1.19 bits per heavy atom. The predicted molar refractivity (Wildman–Crippen MR) is 96.3 cm³/mol. The van der Waals surface area contributed by atoms with E-state index in [1.807, 2.05) is 4.90 Å². The lowest BCUT2D eigenvalue weighted by atomic mass is 10.1. The number of sulfone groups is 1. The van der Waals surface area contributed by atoms with Crippen LogP contribution in [-0.4, -0.2) is 43.8 Å². The van der Waals surface area contributed by atoms with E-state index in [0.717, 1.165) is 0 Å². The van der Waals surface area contributed by atoms with Crippen molar-refractivity contribution in [1.82, 2.24) is 4.98 Å². The molecule has 0 radical (unpaired) electrons. The molecule has 3 rings (SSSR count). The molecule has 1 saturated heterocycles. The van der Waals surface area contributed by atoms with Crippen LogP contribution in [0.3, 0.4) is 0 Å². The maximum Gasteiger partial charge on any atom is 0.269 e. The van der Waals surface area contributed by atoms with Crippen LogP contribution in [0.4, 0.5) is 11.5 Å². The number of rotatable bonds is 5. The predicted octanol–water partition coefficient (Wildman–Crippen LogP) is 2.44. The number of piperidine rings is 1. The van der Waals surface area contributed by atoms with E-state index in [4.69, 9.17) is 4.74 Å². The quantitative estimate of drug-likeness (QED) is 0.582. The molecular weight excluding hydrogens is 358 g/mol. The van der Waals surface area contributed by atoms with Crippen LogP contribution in [0.15, 0.2) is 47.5 Å². The zero-order valence-electron chi connectivity index (χ0n) is 14.2. The van der Waals surface area contributed by atoms with Crippen LogP contribution in [0.25, 0.3) is 0 Å². The molecule has 0 amide bonds. The van der Waals surface area contributed by atoms with E-state index in [-0.39, 0.29) is 16.7 Å². The van der Waals surface area contributed by atoms with Gasteiger partial charge in [-0.15, -0.1) is 0 Å². The van der Waals surface area contributed by atoms with Gasteiger partial charge in [0.05, 0.1) is 4.92 Å². The molecule has 8 nitrogen and oxygen atoms in total. The minimum atomic E-state index is -3.35. The van der Waals surface area contributed by atoms with Crippen molar-refractivity contribution in [2.75, 3.05) is 24.2 Å². The Morgan fingerprint density at radius 3 is 2.42 bits per heavy atom. The van der Waals surface area contributed by atoms with Gasteiger partial charge in [0.15, 0.2) is 9.84 Å². The van der Waals surface area contributed by atoms with Crippen LogP contribution in [0, 0.1) is 10.1 Å².